The van der Waals surface area contributed by atoms with Crippen LogP contribution >= 0.6 is 11.8 Å². The third-order valence-corrected chi connectivity index (χ3v) is 3.58. The summed E-state index contributed by atoms with van der Waals surface area (Å²) < 4.78 is 0.430. The van der Waals surface area contributed by atoms with E-state index in [1.54, 1.807) is 0 Å². The molecule has 1 N–H and O–H groups in total. The molecule has 1 nitrogen and oxygen atoms in total. The highest BCUT2D eigenvalue weighted by Gasteiger charge is 2.10. The molecule has 1 unspecified atom stereocenters. The standard InChI is InChI=1S/C12H27NS/c1-6-11(13-7-2)9-8-10-14-12(3,4)5/h11,13H,6-10H2,1-5H3. The van der Waals surface area contributed by atoms with Crippen molar-refractivity contribution in [2.24, 2.45) is 0 Å². The molecule has 0 aliphatic carbocycles. The quantitative estimate of drug-likeness (QED) is 0.653. The first-order chi connectivity index (χ1) is 6.49. The smallest absolute Gasteiger partial charge is 0.00750 e. The summed E-state index contributed by atoms with van der Waals surface area (Å²) in [6, 6.07) is 0.737. The van der Waals surface area contributed by atoms with Gasteiger partial charge in [-0.2, -0.15) is 11.8 Å². The topological polar surface area (TPSA) is 12.0 Å². The van der Waals surface area contributed by atoms with Gasteiger partial charge in [-0.1, -0.05) is 34.6 Å². The number of nitrogens with one attached hydrogen (secondary N) is 1. The summed E-state index contributed by atoms with van der Waals surface area (Å²) in [5.41, 5.74) is 0. The minimum Gasteiger partial charge on any atom is -0.314 e. The fourth-order valence-electron chi connectivity index (χ4n) is 1.45. The fourth-order valence-corrected chi connectivity index (χ4v) is 2.37. The first-order valence-electron chi connectivity index (χ1n) is 5.87. The molecular formula is C12H27NS. The van der Waals surface area contributed by atoms with Crippen molar-refractivity contribution in [3.63, 3.8) is 0 Å². The number of hydrogen-bond acceptors (Lipinski definition) is 2. The Labute approximate surface area is 94.4 Å². The van der Waals surface area contributed by atoms with Gasteiger partial charge in [0.2, 0.25) is 0 Å². The van der Waals surface area contributed by atoms with Gasteiger partial charge in [0, 0.05) is 10.8 Å². The second kappa shape index (κ2) is 7.58. The van der Waals surface area contributed by atoms with Crippen LogP contribution in [-0.4, -0.2) is 23.1 Å². The van der Waals surface area contributed by atoms with Crippen LogP contribution in [0.4, 0.5) is 0 Å². The summed E-state index contributed by atoms with van der Waals surface area (Å²) in [5, 5.41) is 3.52. The Hall–Kier alpha value is 0.310. The summed E-state index contributed by atoms with van der Waals surface area (Å²) in [4.78, 5) is 0. The molecule has 0 saturated carbocycles. The Balaban J connectivity index is 3.42. The maximum Gasteiger partial charge on any atom is 0.00750 e. The van der Waals surface area contributed by atoms with E-state index in [-0.39, 0.29) is 0 Å². The van der Waals surface area contributed by atoms with E-state index in [0.29, 0.717) is 4.75 Å². The van der Waals surface area contributed by atoms with Crippen LogP contribution in [0.1, 0.15) is 53.9 Å². The Morgan fingerprint density at radius 1 is 1.21 bits per heavy atom. The van der Waals surface area contributed by atoms with Gasteiger partial charge in [0.15, 0.2) is 0 Å². The van der Waals surface area contributed by atoms with Crippen LogP contribution in [0.15, 0.2) is 0 Å². The molecule has 0 rings (SSSR count). The molecule has 2 heteroatoms. The zero-order valence-corrected chi connectivity index (χ0v) is 11.3. The molecule has 14 heavy (non-hydrogen) atoms. The molecule has 0 aromatic carbocycles. The van der Waals surface area contributed by atoms with Crippen molar-refractivity contribution in [2.75, 3.05) is 12.3 Å². The molecule has 0 radical (unpaired) electrons. The van der Waals surface area contributed by atoms with E-state index in [1.807, 2.05) is 0 Å². The van der Waals surface area contributed by atoms with Crippen molar-refractivity contribution < 1.29 is 0 Å². The molecule has 0 spiro atoms. The van der Waals surface area contributed by atoms with Crippen molar-refractivity contribution in [1.29, 1.82) is 0 Å². The van der Waals surface area contributed by atoms with Gasteiger partial charge in [0.25, 0.3) is 0 Å². The Morgan fingerprint density at radius 2 is 1.86 bits per heavy atom. The van der Waals surface area contributed by atoms with E-state index in [9.17, 15) is 0 Å². The molecule has 0 aliphatic rings. The molecule has 0 aliphatic heterocycles. The van der Waals surface area contributed by atoms with Gasteiger partial charge in [0.1, 0.15) is 0 Å². The van der Waals surface area contributed by atoms with Crippen LogP contribution in [0.25, 0.3) is 0 Å². The maximum absolute atomic E-state index is 3.52. The first kappa shape index (κ1) is 14.3. The van der Waals surface area contributed by atoms with E-state index < -0.39 is 0 Å². The lowest BCUT2D eigenvalue weighted by atomic mass is 10.1. The second-order valence-electron chi connectivity index (χ2n) is 4.77. The van der Waals surface area contributed by atoms with Gasteiger partial charge < -0.3 is 5.32 Å². The van der Waals surface area contributed by atoms with Gasteiger partial charge in [-0.3, -0.25) is 0 Å². The Bertz CT molecular complexity index is 129. The average Bonchev–Trinajstić information content (AvgIpc) is 2.08. The number of thioether (sulfide) groups is 1. The lowest BCUT2D eigenvalue weighted by molar-refractivity contribution is 0.477. The van der Waals surface area contributed by atoms with E-state index in [1.165, 1.54) is 25.0 Å². The zero-order chi connectivity index (χ0) is 11.0. The van der Waals surface area contributed by atoms with Crippen LogP contribution < -0.4 is 5.32 Å². The summed E-state index contributed by atoms with van der Waals surface area (Å²) >= 11 is 2.08. The molecule has 0 heterocycles. The predicted molar refractivity (Wildman–Crippen MR) is 69.2 cm³/mol. The van der Waals surface area contributed by atoms with Crippen LogP contribution in [-0.2, 0) is 0 Å². The third kappa shape index (κ3) is 8.89. The molecular weight excluding hydrogens is 190 g/mol. The van der Waals surface area contributed by atoms with Gasteiger partial charge in [-0.05, 0) is 31.6 Å². The Morgan fingerprint density at radius 3 is 2.29 bits per heavy atom. The lowest BCUT2D eigenvalue weighted by Gasteiger charge is -2.19. The summed E-state index contributed by atoms with van der Waals surface area (Å²) in [6.07, 6.45) is 3.93. The molecule has 86 valence electrons. The van der Waals surface area contributed by atoms with Gasteiger partial charge in [-0.25, -0.2) is 0 Å². The summed E-state index contributed by atoms with van der Waals surface area (Å²) in [7, 11) is 0. The fraction of sp³-hybridized carbons (Fsp3) is 1.00. The highest BCUT2D eigenvalue weighted by atomic mass is 32.2. The minimum atomic E-state index is 0.430. The minimum absolute atomic E-state index is 0.430. The van der Waals surface area contributed by atoms with Crippen molar-refractivity contribution in [1.82, 2.24) is 5.32 Å². The lowest BCUT2D eigenvalue weighted by Crippen LogP contribution is -2.28. The van der Waals surface area contributed by atoms with E-state index in [0.717, 1.165) is 12.6 Å². The zero-order valence-electron chi connectivity index (χ0n) is 10.5. The van der Waals surface area contributed by atoms with Crippen LogP contribution in [0.2, 0.25) is 0 Å². The van der Waals surface area contributed by atoms with E-state index in [2.05, 4.69) is 51.7 Å². The first-order valence-corrected chi connectivity index (χ1v) is 6.85. The number of rotatable bonds is 7. The highest BCUT2D eigenvalue weighted by molar-refractivity contribution is 8.00. The van der Waals surface area contributed by atoms with Crippen molar-refractivity contribution in [2.45, 2.75) is 64.7 Å². The summed E-state index contributed by atoms with van der Waals surface area (Å²) in [5.74, 6) is 1.30. The molecule has 0 aromatic rings. The molecule has 1 atom stereocenters. The van der Waals surface area contributed by atoms with Crippen molar-refractivity contribution in [3.05, 3.63) is 0 Å². The summed E-state index contributed by atoms with van der Waals surface area (Å²) in [6.45, 7) is 12.4. The largest absolute Gasteiger partial charge is 0.314 e. The van der Waals surface area contributed by atoms with Gasteiger partial charge >= 0.3 is 0 Å². The molecule has 0 amide bonds. The van der Waals surface area contributed by atoms with Crippen LogP contribution in [0, 0.1) is 0 Å². The average molecular weight is 217 g/mol. The normalized spacial score (nSPS) is 14.4. The molecule has 0 aromatic heterocycles. The van der Waals surface area contributed by atoms with Gasteiger partial charge in [-0.15, -0.1) is 0 Å². The van der Waals surface area contributed by atoms with Crippen LogP contribution in [0.5, 0.6) is 0 Å². The third-order valence-electron chi connectivity index (χ3n) is 2.22. The predicted octanol–water partition coefficient (Wildman–Crippen LogP) is 3.69. The second-order valence-corrected chi connectivity index (χ2v) is 6.69. The Kier molecular flexibility index (Phi) is 7.75. The molecule has 0 saturated heterocycles. The van der Waals surface area contributed by atoms with Crippen molar-refractivity contribution in [3.8, 4) is 0 Å². The van der Waals surface area contributed by atoms with Crippen LogP contribution in [0.3, 0.4) is 0 Å². The molecule has 0 bridgehead atoms. The number of hydrogen-bond donors (Lipinski definition) is 1. The van der Waals surface area contributed by atoms with Gasteiger partial charge in [0.05, 0.1) is 0 Å². The van der Waals surface area contributed by atoms with E-state index in [4.69, 9.17) is 0 Å². The SMILES string of the molecule is CCNC(CC)CCCSC(C)(C)C. The highest BCUT2D eigenvalue weighted by Crippen LogP contribution is 2.24. The monoisotopic (exact) mass is 217 g/mol. The van der Waals surface area contributed by atoms with E-state index >= 15 is 0 Å². The maximum atomic E-state index is 3.52. The molecule has 0 fully saturated rings. The van der Waals surface area contributed by atoms with Crippen molar-refractivity contribution >= 4 is 11.8 Å².